The average Bonchev–Trinajstić information content (AvgIpc) is 3.30. The second kappa shape index (κ2) is 10.6. The van der Waals surface area contributed by atoms with E-state index in [-0.39, 0.29) is 24.0 Å². The number of hydrogen-bond donors (Lipinski definition) is 2. The van der Waals surface area contributed by atoms with Gasteiger partial charge in [0.25, 0.3) is 0 Å². The molecule has 0 aromatic carbocycles. The molecule has 2 aromatic rings. The Morgan fingerprint density at radius 3 is 2.70 bits per heavy atom. The number of piperidine rings is 1. The van der Waals surface area contributed by atoms with Gasteiger partial charge in [-0.2, -0.15) is 5.10 Å². The Labute approximate surface area is 177 Å². The summed E-state index contributed by atoms with van der Waals surface area (Å²) in [6.07, 6.45) is 5.98. The maximum Gasteiger partial charge on any atom is 0.194 e. The van der Waals surface area contributed by atoms with Crippen LogP contribution in [0, 0.1) is 6.92 Å². The molecule has 0 spiro atoms. The van der Waals surface area contributed by atoms with E-state index in [4.69, 9.17) is 4.99 Å². The molecule has 9 nitrogen and oxygen atoms in total. The van der Waals surface area contributed by atoms with Crippen molar-refractivity contribution in [3.05, 3.63) is 23.8 Å². The van der Waals surface area contributed by atoms with Gasteiger partial charge in [-0.25, -0.2) is 9.98 Å². The van der Waals surface area contributed by atoms with E-state index in [0.29, 0.717) is 12.5 Å². The van der Waals surface area contributed by atoms with E-state index in [2.05, 4.69) is 42.5 Å². The number of aromatic nitrogens is 6. The summed E-state index contributed by atoms with van der Waals surface area (Å²) >= 11 is 0. The predicted octanol–water partition coefficient (Wildman–Crippen LogP) is 1.98. The molecular formula is C17H30IN9. The van der Waals surface area contributed by atoms with E-state index >= 15 is 0 Å². The van der Waals surface area contributed by atoms with E-state index in [1.807, 2.05) is 18.5 Å². The van der Waals surface area contributed by atoms with E-state index in [0.717, 1.165) is 68.8 Å². The van der Waals surface area contributed by atoms with Gasteiger partial charge in [-0.05, 0) is 26.2 Å². The first-order chi connectivity index (χ1) is 12.7. The average molecular weight is 487 g/mol. The Morgan fingerprint density at radius 1 is 1.33 bits per heavy atom. The Kier molecular flexibility index (Phi) is 8.45. The van der Waals surface area contributed by atoms with Crippen LogP contribution in [0.3, 0.4) is 0 Å². The van der Waals surface area contributed by atoms with Crippen LogP contribution in [0.15, 0.2) is 11.3 Å². The van der Waals surface area contributed by atoms with Crippen LogP contribution in [0.5, 0.6) is 0 Å². The summed E-state index contributed by atoms with van der Waals surface area (Å²) in [5.74, 6) is 4.20. The lowest BCUT2D eigenvalue weighted by Crippen LogP contribution is -2.45. The van der Waals surface area contributed by atoms with Gasteiger partial charge in [-0.3, -0.25) is 5.10 Å². The van der Waals surface area contributed by atoms with Crippen LogP contribution < -0.4 is 5.32 Å². The number of H-pyrrole nitrogens is 1. The number of nitrogens with zero attached hydrogens (tertiary/aromatic N) is 7. The molecule has 0 unspecified atom stereocenters. The summed E-state index contributed by atoms with van der Waals surface area (Å²) in [7, 11) is 1.98. The molecule has 0 radical (unpaired) electrons. The van der Waals surface area contributed by atoms with Crippen molar-refractivity contribution in [2.24, 2.45) is 12.0 Å². The molecule has 0 atom stereocenters. The zero-order valence-electron chi connectivity index (χ0n) is 16.4. The number of halogens is 1. The summed E-state index contributed by atoms with van der Waals surface area (Å²) in [5.41, 5.74) is 0. The second-order valence-electron chi connectivity index (χ2n) is 6.77. The number of likely N-dealkylation sites (tertiary alicyclic amines) is 1. The SMILES string of the molecule is CCCCNC(=NCc1nnc(C)n1C)N1CCC(c2ncn[nH]2)CC1.I. The number of nitrogens with one attached hydrogen (secondary N) is 2. The number of rotatable bonds is 6. The molecule has 0 bridgehead atoms. The van der Waals surface area contributed by atoms with Gasteiger partial charge in [0.05, 0.1) is 0 Å². The number of aromatic amines is 1. The third-order valence-electron chi connectivity index (χ3n) is 4.98. The molecule has 0 saturated carbocycles. The minimum absolute atomic E-state index is 0. The standard InChI is InChI=1S/C17H29N9.HI/c1-4-5-8-18-17(19-11-15-23-22-13(2)25(15)3)26-9-6-14(7-10-26)16-20-12-21-24-16;/h12,14H,4-11H2,1-3H3,(H,18,19)(H,20,21,24);1H. The number of aliphatic imine (C=N–C) groups is 1. The van der Waals surface area contributed by atoms with Gasteiger partial charge in [0.1, 0.15) is 24.5 Å². The van der Waals surface area contributed by atoms with Gasteiger partial charge in [-0.1, -0.05) is 13.3 Å². The molecule has 1 saturated heterocycles. The highest BCUT2D eigenvalue weighted by molar-refractivity contribution is 14.0. The van der Waals surface area contributed by atoms with Crippen LogP contribution in [0.25, 0.3) is 0 Å². The first-order valence-corrected chi connectivity index (χ1v) is 9.42. The highest BCUT2D eigenvalue weighted by atomic mass is 127. The lowest BCUT2D eigenvalue weighted by molar-refractivity contribution is 0.298. The number of aryl methyl sites for hydroxylation is 1. The fourth-order valence-corrected chi connectivity index (χ4v) is 3.16. The van der Waals surface area contributed by atoms with Crippen molar-refractivity contribution in [3.8, 4) is 0 Å². The van der Waals surface area contributed by atoms with E-state index in [1.165, 1.54) is 0 Å². The highest BCUT2D eigenvalue weighted by Crippen LogP contribution is 2.25. The Balaban J connectivity index is 0.00000261. The quantitative estimate of drug-likeness (QED) is 0.280. The van der Waals surface area contributed by atoms with Crippen molar-refractivity contribution in [1.29, 1.82) is 0 Å². The van der Waals surface area contributed by atoms with Crippen LogP contribution in [-0.4, -0.2) is 60.4 Å². The molecule has 1 fully saturated rings. The number of guanidine groups is 1. The third kappa shape index (κ3) is 5.63. The molecule has 0 aliphatic carbocycles. The maximum atomic E-state index is 4.82. The normalized spacial score (nSPS) is 15.7. The van der Waals surface area contributed by atoms with E-state index in [1.54, 1.807) is 6.33 Å². The largest absolute Gasteiger partial charge is 0.356 e. The van der Waals surface area contributed by atoms with Gasteiger partial charge in [-0.15, -0.1) is 34.2 Å². The van der Waals surface area contributed by atoms with Gasteiger partial charge < -0.3 is 14.8 Å². The van der Waals surface area contributed by atoms with Gasteiger partial charge >= 0.3 is 0 Å². The molecule has 1 aliphatic rings. The molecular weight excluding hydrogens is 457 g/mol. The number of hydrogen-bond acceptors (Lipinski definition) is 5. The van der Waals surface area contributed by atoms with Crippen LogP contribution in [0.1, 0.15) is 56.0 Å². The van der Waals surface area contributed by atoms with Crippen LogP contribution >= 0.6 is 24.0 Å². The molecule has 2 aromatic heterocycles. The predicted molar refractivity (Wildman–Crippen MR) is 115 cm³/mol. The Morgan fingerprint density at radius 2 is 2.11 bits per heavy atom. The van der Waals surface area contributed by atoms with Crippen molar-refractivity contribution in [1.82, 2.24) is 40.2 Å². The molecule has 0 amide bonds. The Bertz CT molecular complexity index is 702. The van der Waals surface area contributed by atoms with Crippen LogP contribution in [0.4, 0.5) is 0 Å². The fraction of sp³-hybridized carbons (Fsp3) is 0.706. The minimum Gasteiger partial charge on any atom is -0.356 e. The molecule has 150 valence electrons. The monoisotopic (exact) mass is 487 g/mol. The van der Waals surface area contributed by atoms with Gasteiger partial charge in [0.15, 0.2) is 11.8 Å². The number of unbranched alkanes of at least 4 members (excludes halogenated alkanes) is 1. The Hall–Kier alpha value is -1.72. The first kappa shape index (κ1) is 21.6. The van der Waals surface area contributed by atoms with Crippen LogP contribution in [-0.2, 0) is 13.6 Å². The van der Waals surface area contributed by atoms with E-state index in [9.17, 15) is 0 Å². The maximum absolute atomic E-state index is 4.82. The molecule has 2 N–H and O–H groups in total. The lowest BCUT2D eigenvalue weighted by atomic mass is 9.96. The smallest absolute Gasteiger partial charge is 0.194 e. The molecule has 1 aliphatic heterocycles. The summed E-state index contributed by atoms with van der Waals surface area (Å²) in [5, 5.41) is 18.8. The third-order valence-corrected chi connectivity index (χ3v) is 4.98. The zero-order valence-corrected chi connectivity index (χ0v) is 18.7. The van der Waals surface area contributed by atoms with E-state index < -0.39 is 0 Å². The molecule has 3 rings (SSSR count). The van der Waals surface area contributed by atoms with Crippen molar-refractivity contribution < 1.29 is 0 Å². The van der Waals surface area contributed by atoms with Gasteiger partial charge in [0, 0.05) is 32.6 Å². The second-order valence-corrected chi connectivity index (χ2v) is 6.77. The fourth-order valence-electron chi connectivity index (χ4n) is 3.16. The minimum atomic E-state index is 0. The van der Waals surface area contributed by atoms with Crippen molar-refractivity contribution in [3.63, 3.8) is 0 Å². The summed E-state index contributed by atoms with van der Waals surface area (Å²) in [4.78, 5) is 11.5. The van der Waals surface area contributed by atoms with Crippen LogP contribution in [0.2, 0.25) is 0 Å². The zero-order chi connectivity index (χ0) is 18.4. The van der Waals surface area contributed by atoms with Gasteiger partial charge in [0.2, 0.25) is 0 Å². The summed E-state index contributed by atoms with van der Waals surface area (Å²) in [6.45, 7) is 7.55. The first-order valence-electron chi connectivity index (χ1n) is 9.42. The van der Waals surface area contributed by atoms with Crippen molar-refractivity contribution in [2.75, 3.05) is 19.6 Å². The molecule has 27 heavy (non-hydrogen) atoms. The van der Waals surface area contributed by atoms with Crippen molar-refractivity contribution >= 4 is 29.9 Å². The summed E-state index contributed by atoms with van der Waals surface area (Å²) in [6, 6.07) is 0. The molecule has 10 heteroatoms. The lowest BCUT2D eigenvalue weighted by Gasteiger charge is -2.33. The highest BCUT2D eigenvalue weighted by Gasteiger charge is 2.24. The summed E-state index contributed by atoms with van der Waals surface area (Å²) < 4.78 is 1.99. The topological polar surface area (TPSA) is 99.9 Å². The van der Waals surface area contributed by atoms with Crippen molar-refractivity contribution in [2.45, 2.75) is 52.0 Å². The molecule has 3 heterocycles.